The van der Waals surface area contributed by atoms with Crippen LogP contribution in [-0.4, -0.2) is 20.4 Å². The number of nitrogens with two attached hydrogens (primary N) is 1. The first-order valence-corrected chi connectivity index (χ1v) is 7.54. The van der Waals surface area contributed by atoms with Crippen LogP contribution in [0.25, 0.3) is 0 Å². The van der Waals surface area contributed by atoms with Crippen LogP contribution in [0.15, 0.2) is 41.6 Å². The van der Waals surface area contributed by atoms with Crippen molar-refractivity contribution < 1.29 is 8.42 Å². The molecule has 106 valence electrons. The zero-order chi connectivity index (χ0) is 14.9. The molecule has 0 fully saturated rings. The van der Waals surface area contributed by atoms with Crippen molar-refractivity contribution in [2.75, 3.05) is 17.1 Å². The predicted octanol–water partition coefficient (Wildman–Crippen LogP) is 2.11. The Balaban J connectivity index is 2.60. The van der Waals surface area contributed by atoms with Crippen LogP contribution in [0.5, 0.6) is 0 Å². The van der Waals surface area contributed by atoms with Gasteiger partial charge >= 0.3 is 0 Å². The molecule has 0 aliphatic heterocycles. The Morgan fingerprint density at radius 1 is 1.10 bits per heavy atom. The van der Waals surface area contributed by atoms with Crippen LogP contribution in [0.2, 0.25) is 0 Å². The fraction of sp³-hybridized carbons (Fsp3) is 0.214. The molecule has 0 spiro atoms. The number of pyridine rings is 1. The number of anilines is 2. The minimum atomic E-state index is -3.65. The molecule has 0 atom stereocenters. The summed E-state index contributed by atoms with van der Waals surface area (Å²) in [6, 6.07) is 6.73. The lowest BCUT2D eigenvalue weighted by Gasteiger charge is -2.22. The highest BCUT2D eigenvalue weighted by Crippen LogP contribution is 2.29. The Bertz CT molecular complexity index is 728. The summed E-state index contributed by atoms with van der Waals surface area (Å²) in [6.45, 7) is 3.48. The molecule has 1 aromatic carbocycles. The molecule has 0 unspecified atom stereocenters. The van der Waals surface area contributed by atoms with Gasteiger partial charge in [0.1, 0.15) is 0 Å². The molecule has 0 bridgehead atoms. The number of nitrogens with zero attached hydrogens (tertiary/aromatic N) is 2. The van der Waals surface area contributed by atoms with E-state index in [9.17, 15) is 8.42 Å². The van der Waals surface area contributed by atoms with E-state index in [2.05, 4.69) is 4.98 Å². The van der Waals surface area contributed by atoms with Gasteiger partial charge in [-0.2, -0.15) is 0 Å². The Labute approximate surface area is 119 Å². The van der Waals surface area contributed by atoms with E-state index in [-0.39, 0.29) is 4.90 Å². The minimum absolute atomic E-state index is 0.261. The number of sulfonamides is 1. The summed E-state index contributed by atoms with van der Waals surface area (Å²) in [4.78, 5) is 4.15. The quantitative estimate of drug-likeness (QED) is 0.879. The second-order valence-electron chi connectivity index (χ2n) is 4.60. The van der Waals surface area contributed by atoms with E-state index >= 15 is 0 Å². The van der Waals surface area contributed by atoms with Crippen LogP contribution in [0, 0.1) is 13.8 Å². The van der Waals surface area contributed by atoms with Crippen molar-refractivity contribution in [2.24, 2.45) is 0 Å². The van der Waals surface area contributed by atoms with Crippen LogP contribution < -0.4 is 10.0 Å². The van der Waals surface area contributed by atoms with E-state index < -0.39 is 10.0 Å². The van der Waals surface area contributed by atoms with Crippen LogP contribution in [-0.2, 0) is 10.0 Å². The first-order chi connectivity index (χ1) is 9.35. The molecule has 0 aliphatic rings. The number of benzene rings is 1. The lowest BCUT2D eigenvalue weighted by molar-refractivity contribution is 0.593. The number of aromatic nitrogens is 1. The van der Waals surface area contributed by atoms with Gasteiger partial charge in [-0.25, -0.2) is 8.42 Å². The molecule has 20 heavy (non-hydrogen) atoms. The Hall–Kier alpha value is -2.08. The summed E-state index contributed by atoms with van der Waals surface area (Å²) in [5, 5.41) is 0. The maximum Gasteiger partial charge on any atom is 0.264 e. The van der Waals surface area contributed by atoms with Crippen LogP contribution in [0.3, 0.4) is 0 Å². The summed E-state index contributed by atoms with van der Waals surface area (Å²) in [5.74, 6) is 0. The highest BCUT2D eigenvalue weighted by molar-refractivity contribution is 7.93. The Kier molecular flexibility index (Phi) is 3.67. The number of hydrogen-bond acceptors (Lipinski definition) is 4. The topological polar surface area (TPSA) is 76.3 Å². The molecule has 0 aliphatic carbocycles. The standard InChI is InChI=1S/C14H17N3O2S/c1-10-4-5-13(15)11(2)14(10)20(18,19)17(3)12-6-8-16-9-7-12/h4-9H,15H2,1-3H3. The van der Waals surface area contributed by atoms with E-state index in [1.807, 2.05) is 0 Å². The zero-order valence-electron chi connectivity index (χ0n) is 11.7. The van der Waals surface area contributed by atoms with Crippen molar-refractivity contribution in [3.8, 4) is 0 Å². The third-order valence-corrected chi connectivity index (χ3v) is 5.37. The Morgan fingerprint density at radius 3 is 2.30 bits per heavy atom. The summed E-state index contributed by atoms with van der Waals surface area (Å²) >= 11 is 0. The predicted molar refractivity (Wildman–Crippen MR) is 80.2 cm³/mol. The average molecular weight is 291 g/mol. The summed E-state index contributed by atoms with van der Waals surface area (Å²) in [6.07, 6.45) is 3.11. The van der Waals surface area contributed by atoms with Gasteiger partial charge in [-0.1, -0.05) is 6.07 Å². The molecule has 1 heterocycles. The van der Waals surface area contributed by atoms with Gasteiger partial charge in [-0.3, -0.25) is 9.29 Å². The van der Waals surface area contributed by atoms with Crippen LogP contribution in [0.1, 0.15) is 11.1 Å². The van der Waals surface area contributed by atoms with Gasteiger partial charge in [0, 0.05) is 25.1 Å². The first kappa shape index (κ1) is 14.3. The molecule has 5 nitrogen and oxygen atoms in total. The SMILES string of the molecule is Cc1ccc(N)c(C)c1S(=O)(=O)N(C)c1ccncc1. The molecule has 2 aromatic rings. The summed E-state index contributed by atoms with van der Waals surface area (Å²) < 4.78 is 26.8. The highest BCUT2D eigenvalue weighted by Gasteiger charge is 2.26. The normalized spacial score (nSPS) is 11.3. The Morgan fingerprint density at radius 2 is 1.70 bits per heavy atom. The molecule has 0 radical (unpaired) electrons. The number of aryl methyl sites for hydroxylation is 1. The molecule has 2 rings (SSSR count). The van der Waals surface area contributed by atoms with E-state index in [0.717, 1.165) is 0 Å². The van der Waals surface area contributed by atoms with Crippen LogP contribution in [0.4, 0.5) is 11.4 Å². The third kappa shape index (κ3) is 2.34. The summed E-state index contributed by atoms with van der Waals surface area (Å²) in [7, 11) is -2.13. The average Bonchev–Trinajstić information content (AvgIpc) is 2.43. The third-order valence-electron chi connectivity index (χ3n) is 3.29. The highest BCUT2D eigenvalue weighted by atomic mass is 32.2. The van der Waals surface area contributed by atoms with Gasteiger partial charge in [0.25, 0.3) is 10.0 Å². The van der Waals surface area contributed by atoms with Gasteiger partial charge in [-0.15, -0.1) is 0 Å². The molecular weight excluding hydrogens is 274 g/mol. The largest absolute Gasteiger partial charge is 0.398 e. The number of hydrogen-bond donors (Lipinski definition) is 1. The van der Waals surface area contributed by atoms with Gasteiger partial charge in [-0.05, 0) is 43.2 Å². The van der Waals surface area contributed by atoms with Crippen molar-refractivity contribution in [3.05, 3.63) is 47.8 Å². The second kappa shape index (κ2) is 5.13. The number of nitrogen functional groups attached to an aromatic ring is 1. The lowest BCUT2D eigenvalue weighted by Crippen LogP contribution is -2.28. The van der Waals surface area contributed by atoms with Gasteiger partial charge in [0.2, 0.25) is 0 Å². The minimum Gasteiger partial charge on any atom is -0.398 e. The first-order valence-electron chi connectivity index (χ1n) is 6.10. The van der Waals surface area contributed by atoms with Crippen molar-refractivity contribution in [3.63, 3.8) is 0 Å². The molecule has 2 N–H and O–H groups in total. The maximum absolute atomic E-state index is 12.8. The molecule has 6 heteroatoms. The van der Waals surface area contributed by atoms with E-state index in [0.29, 0.717) is 22.5 Å². The lowest BCUT2D eigenvalue weighted by atomic mass is 10.1. The van der Waals surface area contributed by atoms with Crippen molar-refractivity contribution in [1.29, 1.82) is 0 Å². The van der Waals surface area contributed by atoms with Crippen molar-refractivity contribution >= 4 is 21.4 Å². The fourth-order valence-corrected chi connectivity index (χ4v) is 3.72. The van der Waals surface area contributed by atoms with E-state index in [1.54, 1.807) is 50.5 Å². The van der Waals surface area contributed by atoms with Crippen LogP contribution >= 0.6 is 0 Å². The fourth-order valence-electron chi connectivity index (χ4n) is 2.07. The molecule has 0 amide bonds. The molecular formula is C14H17N3O2S. The van der Waals surface area contributed by atoms with Crippen molar-refractivity contribution in [1.82, 2.24) is 4.98 Å². The van der Waals surface area contributed by atoms with E-state index in [1.165, 1.54) is 11.4 Å². The van der Waals surface area contributed by atoms with E-state index in [4.69, 9.17) is 5.73 Å². The second-order valence-corrected chi connectivity index (χ2v) is 6.51. The van der Waals surface area contributed by atoms with Gasteiger partial charge in [0.05, 0.1) is 10.6 Å². The van der Waals surface area contributed by atoms with Gasteiger partial charge < -0.3 is 5.73 Å². The molecule has 0 saturated carbocycles. The van der Waals surface area contributed by atoms with Crippen molar-refractivity contribution in [2.45, 2.75) is 18.7 Å². The van der Waals surface area contributed by atoms with Gasteiger partial charge in [0.15, 0.2) is 0 Å². The summed E-state index contributed by atoms with van der Waals surface area (Å²) in [5.41, 5.74) is 8.11. The molecule has 0 saturated heterocycles. The number of rotatable bonds is 3. The maximum atomic E-state index is 12.8. The molecule has 1 aromatic heterocycles. The smallest absolute Gasteiger partial charge is 0.264 e. The monoisotopic (exact) mass is 291 g/mol. The zero-order valence-corrected chi connectivity index (χ0v) is 12.5.